The lowest BCUT2D eigenvalue weighted by Crippen LogP contribution is -2.59. The number of nitrogens with zero attached hydrogens (tertiary/aromatic N) is 2. The Balaban J connectivity index is 1.39. The van der Waals surface area contributed by atoms with E-state index in [0.29, 0.717) is 23.3 Å². The second-order valence-electron chi connectivity index (χ2n) is 16.0. The highest BCUT2D eigenvalue weighted by atomic mass is 15.3. The zero-order chi connectivity index (χ0) is 29.0. The molecule has 5 aliphatic rings. The summed E-state index contributed by atoms with van der Waals surface area (Å²) in [6.45, 7) is 15.9. The number of fused-ring (bicyclic) bond motifs is 3. The third-order valence-corrected chi connectivity index (χ3v) is 12.6. The monoisotopic (exact) mass is 558 g/mol. The predicted molar refractivity (Wildman–Crippen MR) is 179 cm³/mol. The molecule has 1 saturated heterocycles. The maximum absolute atomic E-state index is 3.05. The number of para-hydroxylation sites is 3. The number of hydrogen-bond donors (Lipinski definition) is 0. The van der Waals surface area contributed by atoms with Crippen LogP contribution in [0.3, 0.4) is 0 Å². The van der Waals surface area contributed by atoms with Crippen LogP contribution in [0.2, 0.25) is 0 Å². The minimum Gasteiger partial charge on any atom is -0.361 e. The van der Waals surface area contributed by atoms with Crippen molar-refractivity contribution in [3.8, 4) is 0 Å². The van der Waals surface area contributed by atoms with E-state index in [4.69, 9.17) is 0 Å². The molecule has 4 aromatic rings. The van der Waals surface area contributed by atoms with Gasteiger partial charge in [0.1, 0.15) is 0 Å². The topological polar surface area (TPSA) is 8.17 Å². The maximum Gasteiger partial charge on any atom is 0.0537 e. The van der Waals surface area contributed by atoms with Crippen molar-refractivity contribution in [2.45, 2.75) is 110 Å². The highest BCUT2D eigenvalue weighted by molar-refractivity contribution is 6.08. The molecule has 42 heavy (non-hydrogen) atoms. The fourth-order valence-corrected chi connectivity index (χ4v) is 11.4. The van der Waals surface area contributed by atoms with Crippen molar-refractivity contribution in [1.82, 2.24) is 4.57 Å². The molecule has 1 spiro atoms. The Morgan fingerprint density at radius 2 is 1.17 bits per heavy atom. The first kappa shape index (κ1) is 26.9. The molecule has 0 amide bonds. The van der Waals surface area contributed by atoms with Gasteiger partial charge in [-0.15, -0.1) is 0 Å². The zero-order valence-corrected chi connectivity index (χ0v) is 26.7. The van der Waals surface area contributed by atoms with Crippen LogP contribution in [0.1, 0.15) is 103 Å². The minimum atomic E-state index is 0.105. The summed E-state index contributed by atoms with van der Waals surface area (Å²) >= 11 is 0. The molecule has 0 radical (unpaired) electrons. The Bertz CT molecular complexity index is 1540. The summed E-state index contributed by atoms with van der Waals surface area (Å²) in [5.41, 5.74) is 7.95. The summed E-state index contributed by atoms with van der Waals surface area (Å²) in [6, 6.07) is 26.1. The highest BCUT2D eigenvalue weighted by Crippen LogP contribution is 2.70. The van der Waals surface area contributed by atoms with Gasteiger partial charge in [-0.25, -0.2) is 0 Å². The summed E-state index contributed by atoms with van der Waals surface area (Å²) in [5, 5.41) is 2.81. The normalized spacial score (nSPS) is 31.5. The molecule has 9 rings (SSSR count). The van der Waals surface area contributed by atoms with Crippen LogP contribution >= 0.6 is 0 Å². The van der Waals surface area contributed by atoms with Crippen LogP contribution in [0.15, 0.2) is 66.7 Å². The van der Waals surface area contributed by atoms with E-state index in [-0.39, 0.29) is 5.54 Å². The van der Waals surface area contributed by atoms with Crippen molar-refractivity contribution in [2.75, 3.05) is 4.90 Å². The molecule has 2 heteroatoms. The smallest absolute Gasteiger partial charge is 0.0537 e. The van der Waals surface area contributed by atoms with Crippen LogP contribution in [0.4, 0.5) is 5.69 Å². The van der Waals surface area contributed by atoms with Gasteiger partial charge in [0.25, 0.3) is 0 Å². The molecular weight excluding hydrogens is 508 g/mol. The summed E-state index contributed by atoms with van der Waals surface area (Å²) in [4.78, 5) is 3.05. The van der Waals surface area contributed by atoms with E-state index in [9.17, 15) is 0 Å². The fraction of sp³-hybridized carbons (Fsp3) is 0.550. The van der Waals surface area contributed by atoms with E-state index in [0.717, 1.165) is 30.2 Å². The van der Waals surface area contributed by atoms with Gasteiger partial charge in [-0.1, -0.05) is 82.3 Å². The van der Waals surface area contributed by atoms with E-state index in [1.54, 1.807) is 16.8 Å². The zero-order valence-electron chi connectivity index (χ0n) is 26.7. The molecule has 1 aromatic heterocycles. The van der Waals surface area contributed by atoms with Crippen LogP contribution in [-0.4, -0.2) is 16.1 Å². The average molecular weight is 559 g/mol. The Morgan fingerprint density at radius 3 is 1.67 bits per heavy atom. The van der Waals surface area contributed by atoms with Gasteiger partial charge in [-0.05, 0) is 111 Å². The largest absolute Gasteiger partial charge is 0.361 e. The minimum absolute atomic E-state index is 0.105. The predicted octanol–water partition coefficient (Wildman–Crippen LogP) is 10.5. The van der Waals surface area contributed by atoms with E-state index >= 15 is 0 Å². The van der Waals surface area contributed by atoms with Crippen LogP contribution < -0.4 is 4.90 Å². The summed E-state index contributed by atoms with van der Waals surface area (Å²) in [7, 11) is 0. The Morgan fingerprint density at radius 1 is 0.667 bits per heavy atom. The lowest BCUT2D eigenvalue weighted by molar-refractivity contribution is -0.116. The lowest BCUT2D eigenvalue weighted by atomic mass is 9.43. The summed E-state index contributed by atoms with van der Waals surface area (Å²) in [5.74, 6) is 4.70. The number of anilines is 1. The second-order valence-corrected chi connectivity index (χ2v) is 16.0. The van der Waals surface area contributed by atoms with Gasteiger partial charge in [-0.3, -0.25) is 0 Å². The molecule has 4 aliphatic carbocycles. The Hall–Kier alpha value is -2.74. The molecule has 1 aliphatic heterocycles. The number of hydrogen-bond acceptors (Lipinski definition) is 1. The molecule has 2 heterocycles. The molecule has 4 bridgehead atoms. The average Bonchev–Trinajstić information content (AvgIpc) is 3.40. The number of benzene rings is 3. The number of rotatable bonds is 5. The van der Waals surface area contributed by atoms with Crippen molar-refractivity contribution in [2.24, 2.45) is 29.1 Å². The van der Waals surface area contributed by atoms with Gasteiger partial charge in [0.05, 0.1) is 6.04 Å². The van der Waals surface area contributed by atoms with E-state index in [1.165, 1.54) is 60.3 Å². The van der Waals surface area contributed by atoms with Crippen molar-refractivity contribution in [3.05, 3.63) is 77.9 Å². The fourth-order valence-electron chi connectivity index (χ4n) is 11.4. The first-order valence-corrected chi connectivity index (χ1v) is 17.1. The molecular formula is C40H50N2. The highest BCUT2D eigenvalue weighted by Gasteiger charge is 2.67. The lowest BCUT2D eigenvalue weighted by Gasteiger charge is -2.62. The van der Waals surface area contributed by atoms with E-state index < -0.39 is 0 Å². The first-order valence-electron chi connectivity index (χ1n) is 17.1. The van der Waals surface area contributed by atoms with Gasteiger partial charge < -0.3 is 9.47 Å². The van der Waals surface area contributed by atoms with Crippen molar-refractivity contribution in [1.29, 1.82) is 0 Å². The molecule has 1 atom stereocenters. The molecule has 1 unspecified atom stereocenters. The Labute approximate surface area is 253 Å². The van der Waals surface area contributed by atoms with Gasteiger partial charge in [0.15, 0.2) is 0 Å². The van der Waals surface area contributed by atoms with Crippen molar-refractivity contribution < 1.29 is 0 Å². The van der Waals surface area contributed by atoms with Gasteiger partial charge in [-0.2, -0.15) is 0 Å². The molecule has 5 fully saturated rings. The molecule has 3 aromatic carbocycles. The molecule has 4 saturated carbocycles. The maximum atomic E-state index is 3.05. The third-order valence-electron chi connectivity index (χ3n) is 12.6. The van der Waals surface area contributed by atoms with Crippen LogP contribution in [0, 0.1) is 29.1 Å². The van der Waals surface area contributed by atoms with Crippen LogP contribution in [0.25, 0.3) is 21.8 Å². The summed E-state index contributed by atoms with van der Waals surface area (Å²) in [6.07, 6.45) is 8.75. The van der Waals surface area contributed by atoms with Gasteiger partial charge >= 0.3 is 0 Å². The summed E-state index contributed by atoms with van der Waals surface area (Å²) < 4.78 is 2.74. The van der Waals surface area contributed by atoms with Gasteiger partial charge in [0, 0.05) is 45.0 Å². The van der Waals surface area contributed by atoms with E-state index in [1.807, 2.05) is 0 Å². The SMILES string of the molecule is CC(C)c1cccc(C(C)C)c1N1C(Cn2c3ccccc3c3ccccc32)C2(CC1(C)C)C1CC3CC(C1)CC2C3. The van der Waals surface area contributed by atoms with E-state index in [2.05, 4.69) is 118 Å². The Kier molecular flexibility index (Phi) is 6.00. The van der Waals surface area contributed by atoms with Crippen LogP contribution in [0.5, 0.6) is 0 Å². The van der Waals surface area contributed by atoms with Crippen molar-refractivity contribution >= 4 is 27.5 Å². The molecule has 2 nitrogen and oxygen atoms in total. The van der Waals surface area contributed by atoms with Crippen LogP contribution in [-0.2, 0) is 6.54 Å². The standard InChI is InChI=1S/C40H50N2/c1-25(2)31-14-11-15-32(26(3)4)38(31)42-37(23-41-35-16-9-7-12-33(35)34-13-8-10-17-36(34)41)40(24-39(42,5)6)29-19-27-18-28(21-29)22-30(40)20-27/h7-17,25-30,37H,18-24H2,1-6H3. The first-order chi connectivity index (χ1) is 20.2. The third kappa shape index (κ3) is 3.69. The molecule has 0 N–H and O–H groups in total. The second kappa shape index (κ2) is 9.38. The molecule has 220 valence electrons. The van der Waals surface area contributed by atoms with Gasteiger partial charge in [0.2, 0.25) is 0 Å². The number of aromatic nitrogens is 1. The quantitative estimate of drug-likeness (QED) is 0.236. The van der Waals surface area contributed by atoms with Crippen molar-refractivity contribution in [3.63, 3.8) is 0 Å².